The number of nitrogens with zero attached hydrogens (tertiary/aromatic N) is 2. The van der Waals surface area contributed by atoms with Crippen LogP contribution in [0.25, 0.3) is 11.3 Å². The summed E-state index contributed by atoms with van der Waals surface area (Å²) in [5.74, 6) is 1.25. The Hall–Kier alpha value is -1.89. The van der Waals surface area contributed by atoms with Crippen molar-refractivity contribution in [2.45, 2.75) is 25.8 Å². The molecule has 0 radical (unpaired) electrons. The second-order valence-electron chi connectivity index (χ2n) is 6.43. The molecule has 2 heterocycles. The lowest BCUT2D eigenvalue weighted by atomic mass is 10.2. The molecule has 0 bridgehead atoms. The zero-order valence-electron chi connectivity index (χ0n) is 14.9. The van der Waals surface area contributed by atoms with Crippen molar-refractivity contribution in [3.63, 3.8) is 0 Å². The minimum Gasteiger partial charge on any atom is -0.441 e. The van der Waals surface area contributed by atoms with Gasteiger partial charge < -0.3 is 14.5 Å². The minimum absolute atomic E-state index is 0.0105. The van der Waals surface area contributed by atoms with E-state index in [9.17, 15) is 4.79 Å². The molecular formula is C19H24ClN3O3. The van der Waals surface area contributed by atoms with Gasteiger partial charge in [-0.1, -0.05) is 11.6 Å². The first-order valence-corrected chi connectivity index (χ1v) is 9.29. The topological polar surface area (TPSA) is 67.6 Å². The molecule has 0 aliphatic carbocycles. The predicted octanol–water partition coefficient (Wildman–Crippen LogP) is 2.76. The van der Waals surface area contributed by atoms with Gasteiger partial charge in [0.05, 0.1) is 19.4 Å². The average molecular weight is 378 g/mol. The fourth-order valence-electron chi connectivity index (χ4n) is 2.89. The highest BCUT2D eigenvalue weighted by molar-refractivity contribution is 6.30. The number of hydrogen-bond acceptors (Lipinski definition) is 5. The van der Waals surface area contributed by atoms with Gasteiger partial charge in [-0.25, -0.2) is 4.98 Å². The van der Waals surface area contributed by atoms with Gasteiger partial charge in [-0.05, 0) is 31.2 Å². The van der Waals surface area contributed by atoms with E-state index in [0.29, 0.717) is 42.1 Å². The summed E-state index contributed by atoms with van der Waals surface area (Å²) in [5.41, 5.74) is 0.914. The lowest BCUT2D eigenvalue weighted by molar-refractivity contribution is -0.121. The zero-order valence-corrected chi connectivity index (χ0v) is 15.7. The van der Waals surface area contributed by atoms with Crippen molar-refractivity contribution in [1.82, 2.24) is 15.2 Å². The van der Waals surface area contributed by atoms with Crippen molar-refractivity contribution in [1.29, 1.82) is 0 Å². The predicted molar refractivity (Wildman–Crippen MR) is 100 cm³/mol. The van der Waals surface area contributed by atoms with Crippen LogP contribution in [0.5, 0.6) is 0 Å². The Morgan fingerprint density at radius 1 is 1.31 bits per heavy atom. The second-order valence-corrected chi connectivity index (χ2v) is 6.86. The molecule has 1 amide bonds. The molecule has 1 aliphatic heterocycles. The van der Waals surface area contributed by atoms with Crippen molar-refractivity contribution in [3.05, 3.63) is 41.4 Å². The van der Waals surface area contributed by atoms with Gasteiger partial charge in [-0.15, -0.1) is 0 Å². The Morgan fingerprint density at radius 3 is 2.77 bits per heavy atom. The molecule has 26 heavy (non-hydrogen) atoms. The Bertz CT molecular complexity index is 711. The third-order valence-electron chi connectivity index (χ3n) is 4.51. The molecule has 1 N–H and O–H groups in total. The number of nitrogens with one attached hydrogen (secondary N) is 1. The number of halogens is 1. The fourth-order valence-corrected chi connectivity index (χ4v) is 3.02. The fraction of sp³-hybridized carbons (Fsp3) is 0.474. The third-order valence-corrected chi connectivity index (χ3v) is 4.76. The normalized spacial score (nSPS) is 16.4. The lowest BCUT2D eigenvalue weighted by Gasteiger charge is -2.32. The monoisotopic (exact) mass is 377 g/mol. The molecule has 1 aromatic heterocycles. The van der Waals surface area contributed by atoms with E-state index in [0.717, 1.165) is 31.9 Å². The summed E-state index contributed by atoms with van der Waals surface area (Å²) in [6.07, 6.45) is 2.51. The second kappa shape index (κ2) is 9.16. The van der Waals surface area contributed by atoms with Gasteiger partial charge >= 0.3 is 0 Å². The molecule has 0 spiro atoms. The van der Waals surface area contributed by atoms with Crippen molar-refractivity contribution >= 4 is 17.5 Å². The third kappa shape index (κ3) is 5.30. The van der Waals surface area contributed by atoms with Gasteiger partial charge in [-0.3, -0.25) is 9.69 Å². The molecule has 1 atom stereocenters. The van der Waals surface area contributed by atoms with Crippen LogP contribution in [-0.4, -0.2) is 54.7 Å². The highest BCUT2D eigenvalue weighted by atomic mass is 35.5. The van der Waals surface area contributed by atoms with Crippen molar-refractivity contribution in [2.75, 3.05) is 32.8 Å². The number of amides is 1. The molecule has 1 aromatic carbocycles. The van der Waals surface area contributed by atoms with E-state index in [1.807, 2.05) is 24.3 Å². The number of ether oxygens (including phenoxy) is 1. The number of carbonyl (C=O) groups excluding carboxylic acids is 1. The number of morpholine rings is 1. The van der Waals surface area contributed by atoms with Gasteiger partial charge in [-0.2, -0.15) is 0 Å². The van der Waals surface area contributed by atoms with Gasteiger partial charge in [0.2, 0.25) is 5.91 Å². The SMILES string of the molecule is CC(CNC(=O)CCc1ncc(-c2ccc(Cl)cc2)o1)N1CCOCC1. The maximum atomic E-state index is 12.1. The van der Waals surface area contributed by atoms with Gasteiger partial charge in [0.15, 0.2) is 11.7 Å². The summed E-state index contributed by atoms with van der Waals surface area (Å²) in [5, 5.41) is 3.67. The number of aryl methyl sites for hydroxylation is 1. The number of oxazole rings is 1. The van der Waals surface area contributed by atoms with E-state index in [-0.39, 0.29) is 5.91 Å². The molecule has 7 heteroatoms. The first kappa shape index (κ1) is 18.9. The Kier molecular flexibility index (Phi) is 6.66. The molecule has 6 nitrogen and oxygen atoms in total. The van der Waals surface area contributed by atoms with Crippen LogP contribution in [0.2, 0.25) is 5.02 Å². The summed E-state index contributed by atoms with van der Waals surface area (Å²) < 4.78 is 11.1. The van der Waals surface area contributed by atoms with Crippen LogP contribution < -0.4 is 5.32 Å². The maximum absolute atomic E-state index is 12.1. The summed E-state index contributed by atoms with van der Waals surface area (Å²) in [6.45, 7) is 6.12. The van der Waals surface area contributed by atoms with E-state index in [2.05, 4.69) is 22.1 Å². The summed E-state index contributed by atoms with van der Waals surface area (Å²) in [6, 6.07) is 7.68. The van der Waals surface area contributed by atoms with Crippen LogP contribution >= 0.6 is 11.6 Å². The summed E-state index contributed by atoms with van der Waals surface area (Å²) in [7, 11) is 0. The van der Waals surface area contributed by atoms with E-state index in [4.69, 9.17) is 20.8 Å². The maximum Gasteiger partial charge on any atom is 0.220 e. The lowest BCUT2D eigenvalue weighted by Crippen LogP contribution is -2.47. The molecule has 1 fully saturated rings. The number of hydrogen-bond donors (Lipinski definition) is 1. The Morgan fingerprint density at radius 2 is 2.04 bits per heavy atom. The molecule has 2 aromatic rings. The molecular weight excluding hydrogens is 354 g/mol. The highest BCUT2D eigenvalue weighted by Gasteiger charge is 2.17. The van der Waals surface area contributed by atoms with Crippen LogP contribution in [0, 0.1) is 0 Å². The van der Waals surface area contributed by atoms with Crippen LogP contribution in [0.3, 0.4) is 0 Å². The van der Waals surface area contributed by atoms with Crippen LogP contribution in [0.1, 0.15) is 19.2 Å². The smallest absolute Gasteiger partial charge is 0.220 e. The molecule has 0 saturated carbocycles. The summed E-state index contributed by atoms with van der Waals surface area (Å²) in [4.78, 5) is 18.7. The molecule has 1 aliphatic rings. The van der Waals surface area contributed by atoms with Crippen molar-refractivity contribution in [3.8, 4) is 11.3 Å². The largest absolute Gasteiger partial charge is 0.441 e. The van der Waals surface area contributed by atoms with Gasteiger partial charge in [0.25, 0.3) is 0 Å². The number of aromatic nitrogens is 1. The number of rotatable bonds is 7. The standard InChI is InChI=1S/C19H24ClN3O3/c1-14(23-8-10-25-11-9-23)12-21-18(24)6-7-19-22-13-17(26-19)15-2-4-16(20)5-3-15/h2-5,13-14H,6-12H2,1H3,(H,21,24). The van der Waals surface area contributed by atoms with E-state index in [1.165, 1.54) is 0 Å². The first-order chi connectivity index (χ1) is 12.6. The van der Waals surface area contributed by atoms with Crippen molar-refractivity contribution in [2.24, 2.45) is 0 Å². The molecule has 1 unspecified atom stereocenters. The number of carbonyl (C=O) groups is 1. The minimum atomic E-state index is 0.0105. The van der Waals surface area contributed by atoms with E-state index in [1.54, 1.807) is 6.20 Å². The van der Waals surface area contributed by atoms with Crippen LogP contribution in [-0.2, 0) is 16.0 Å². The van der Waals surface area contributed by atoms with Crippen molar-refractivity contribution < 1.29 is 13.9 Å². The van der Waals surface area contributed by atoms with E-state index >= 15 is 0 Å². The zero-order chi connectivity index (χ0) is 18.4. The quantitative estimate of drug-likeness (QED) is 0.803. The molecule has 1 saturated heterocycles. The highest BCUT2D eigenvalue weighted by Crippen LogP contribution is 2.22. The van der Waals surface area contributed by atoms with Gasteiger partial charge in [0, 0.05) is 49.1 Å². The molecule has 140 valence electrons. The average Bonchev–Trinajstić information content (AvgIpc) is 3.14. The first-order valence-electron chi connectivity index (χ1n) is 8.91. The Balaban J connectivity index is 1.42. The van der Waals surface area contributed by atoms with Crippen LogP contribution in [0.15, 0.2) is 34.9 Å². The Labute approximate surface area is 158 Å². The molecule has 3 rings (SSSR count). The van der Waals surface area contributed by atoms with Gasteiger partial charge in [0.1, 0.15) is 0 Å². The van der Waals surface area contributed by atoms with Crippen LogP contribution in [0.4, 0.5) is 0 Å². The van der Waals surface area contributed by atoms with E-state index < -0.39 is 0 Å². The number of benzene rings is 1. The summed E-state index contributed by atoms with van der Waals surface area (Å²) >= 11 is 5.89.